The second kappa shape index (κ2) is 4.05. The van der Waals surface area contributed by atoms with Gasteiger partial charge in [0.2, 0.25) is 0 Å². The number of hydrogen-bond acceptors (Lipinski definition) is 2. The van der Waals surface area contributed by atoms with Crippen LogP contribution in [-0.4, -0.2) is 13.5 Å². The Morgan fingerprint density at radius 2 is 2.07 bits per heavy atom. The number of hydrogen-bond donors (Lipinski definition) is 0. The molecular formula is C8H6BF3NO-. The van der Waals surface area contributed by atoms with Gasteiger partial charge in [0, 0.05) is 0 Å². The fraction of sp³-hybridized carbons (Fsp3) is 0.125. The summed E-state index contributed by atoms with van der Waals surface area (Å²) in [5.74, 6) is 0.0586. The molecule has 0 spiro atoms. The molecule has 2 nitrogen and oxygen atoms in total. The zero-order chi connectivity index (χ0) is 10.6. The highest BCUT2D eigenvalue weighted by atomic mass is 19.4. The molecule has 0 aromatic heterocycles. The SMILES string of the molecule is N#Cc1cccc(OC[B-](F)(F)F)c1. The van der Waals surface area contributed by atoms with Crippen LogP contribution in [0.2, 0.25) is 0 Å². The van der Waals surface area contributed by atoms with Gasteiger partial charge in [0.25, 0.3) is 0 Å². The van der Waals surface area contributed by atoms with Gasteiger partial charge in [-0.25, -0.2) is 0 Å². The lowest BCUT2D eigenvalue weighted by atomic mass is 9.95. The van der Waals surface area contributed by atoms with Crippen LogP contribution in [0.25, 0.3) is 0 Å². The maximum atomic E-state index is 11.8. The smallest absolute Gasteiger partial charge is 0.515 e. The largest absolute Gasteiger partial charge is 0.522 e. The molecule has 0 fully saturated rings. The Morgan fingerprint density at radius 1 is 1.36 bits per heavy atom. The fourth-order valence-electron chi connectivity index (χ4n) is 0.846. The molecule has 0 aliphatic carbocycles. The summed E-state index contributed by atoms with van der Waals surface area (Å²) in [5.41, 5.74) is 0.275. The first-order valence-electron chi connectivity index (χ1n) is 3.85. The topological polar surface area (TPSA) is 33.0 Å². The van der Waals surface area contributed by atoms with Crippen LogP contribution in [0.4, 0.5) is 12.9 Å². The third-order valence-electron chi connectivity index (χ3n) is 1.40. The average Bonchev–Trinajstić information content (AvgIpc) is 2.14. The Hall–Kier alpha value is -1.64. The average molecular weight is 200 g/mol. The maximum absolute atomic E-state index is 11.8. The van der Waals surface area contributed by atoms with Crippen LogP contribution < -0.4 is 4.74 Å². The normalized spacial score (nSPS) is 10.7. The van der Waals surface area contributed by atoms with Crippen molar-refractivity contribution in [2.45, 2.75) is 0 Å². The van der Waals surface area contributed by atoms with Gasteiger partial charge in [-0.05, 0) is 18.2 Å². The van der Waals surface area contributed by atoms with Crippen LogP contribution in [0.1, 0.15) is 5.56 Å². The summed E-state index contributed by atoms with van der Waals surface area (Å²) in [6, 6.07) is 7.41. The number of rotatable bonds is 3. The molecule has 0 radical (unpaired) electrons. The van der Waals surface area contributed by atoms with Crippen LogP contribution in [0.5, 0.6) is 5.75 Å². The zero-order valence-corrected chi connectivity index (χ0v) is 7.08. The summed E-state index contributed by atoms with van der Waals surface area (Å²) in [4.78, 5) is 0. The van der Waals surface area contributed by atoms with E-state index in [1.807, 2.05) is 6.07 Å². The summed E-state index contributed by atoms with van der Waals surface area (Å²) >= 11 is 0. The third-order valence-corrected chi connectivity index (χ3v) is 1.40. The third kappa shape index (κ3) is 3.39. The zero-order valence-electron chi connectivity index (χ0n) is 7.08. The molecular weight excluding hydrogens is 194 g/mol. The Bertz CT molecular complexity index is 358. The van der Waals surface area contributed by atoms with E-state index in [9.17, 15) is 12.9 Å². The van der Waals surface area contributed by atoms with Crippen molar-refractivity contribution in [3.05, 3.63) is 29.8 Å². The monoisotopic (exact) mass is 200 g/mol. The highest BCUT2D eigenvalue weighted by molar-refractivity contribution is 6.58. The molecule has 74 valence electrons. The summed E-state index contributed by atoms with van der Waals surface area (Å²) < 4.78 is 39.9. The van der Waals surface area contributed by atoms with Crippen molar-refractivity contribution in [3.8, 4) is 11.8 Å². The van der Waals surface area contributed by atoms with Crippen LogP contribution in [-0.2, 0) is 0 Å². The first kappa shape index (κ1) is 10.4. The molecule has 0 aliphatic heterocycles. The standard InChI is InChI=1S/C8H6BF3NO/c10-9(11,12)6-14-8-3-1-2-7(4-8)5-13/h1-4H,6H2/q-1. The molecule has 0 saturated carbocycles. The molecule has 1 aromatic carbocycles. The first-order valence-corrected chi connectivity index (χ1v) is 3.85. The molecule has 0 aliphatic rings. The van der Waals surface area contributed by atoms with Crippen LogP contribution in [0.15, 0.2) is 24.3 Å². The molecule has 0 heterocycles. The minimum absolute atomic E-state index is 0.0586. The maximum Gasteiger partial charge on any atom is 0.515 e. The van der Waals surface area contributed by atoms with Gasteiger partial charge in [-0.3, -0.25) is 0 Å². The second-order valence-corrected chi connectivity index (χ2v) is 2.66. The van der Waals surface area contributed by atoms with Gasteiger partial charge in [0.15, 0.2) is 0 Å². The van der Waals surface area contributed by atoms with E-state index in [0.717, 1.165) is 0 Å². The molecule has 1 aromatic rings. The van der Waals surface area contributed by atoms with Crippen molar-refractivity contribution in [1.82, 2.24) is 0 Å². The van der Waals surface area contributed by atoms with Crippen molar-refractivity contribution in [2.24, 2.45) is 0 Å². The molecule has 0 amide bonds. The van der Waals surface area contributed by atoms with Gasteiger partial charge >= 0.3 is 6.98 Å². The molecule has 0 bridgehead atoms. The fourth-order valence-corrected chi connectivity index (χ4v) is 0.846. The highest BCUT2D eigenvalue weighted by Gasteiger charge is 2.24. The van der Waals surface area contributed by atoms with Gasteiger partial charge in [0.05, 0.1) is 18.1 Å². The number of ether oxygens (including phenoxy) is 1. The van der Waals surface area contributed by atoms with Gasteiger partial charge in [-0.15, -0.1) is 0 Å². The summed E-state index contributed by atoms with van der Waals surface area (Å²) in [6.45, 7) is -6.23. The van der Waals surface area contributed by atoms with E-state index in [-0.39, 0.29) is 11.3 Å². The van der Waals surface area contributed by atoms with Gasteiger partial charge < -0.3 is 17.7 Å². The Balaban J connectivity index is 2.65. The number of nitriles is 1. The number of halogens is 3. The van der Waals surface area contributed by atoms with Gasteiger partial charge in [-0.2, -0.15) is 5.26 Å². The summed E-state index contributed by atoms with van der Waals surface area (Å²) in [5, 5.41) is 8.47. The van der Waals surface area contributed by atoms with E-state index >= 15 is 0 Å². The van der Waals surface area contributed by atoms with E-state index in [4.69, 9.17) is 5.26 Å². The summed E-state index contributed by atoms with van der Waals surface area (Å²) in [7, 11) is 0. The van der Waals surface area contributed by atoms with E-state index < -0.39 is 13.5 Å². The Labute approximate surface area is 79.0 Å². The lowest BCUT2D eigenvalue weighted by Gasteiger charge is -2.14. The van der Waals surface area contributed by atoms with Crippen LogP contribution >= 0.6 is 0 Å². The molecule has 1 rings (SSSR count). The number of nitrogens with zero attached hydrogens (tertiary/aromatic N) is 1. The van der Waals surface area contributed by atoms with E-state index in [0.29, 0.717) is 0 Å². The highest BCUT2D eigenvalue weighted by Crippen LogP contribution is 2.15. The molecule has 0 unspecified atom stereocenters. The predicted molar refractivity (Wildman–Crippen MR) is 45.7 cm³/mol. The summed E-state index contributed by atoms with van der Waals surface area (Å²) in [6.07, 6.45) is 0. The van der Waals surface area contributed by atoms with E-state index in [1.54, 1.807) is 0 Å². The van der Waals surface area contributed by atoms with Crippen molar-refractivity contribution >= 4 is 6.98 Å². The van der Waals surface area contributed by atoms with Crippen molar-refractivity contribution in [2.75, 3.05) is 6.51 Å². The van der Waals surface area contributed by atoms with Crippen LogP contribution in [0, 0.1) is 11.3 Å². The molecule has 14 heavy (non-hydrogen) atoms. The second-order valence-electron chi connectivity index (χ2n) is 2.66. The molecule has 0 saturated heterocycles. The first-order chi connectivity index (χ1) is 6.51. The number of benzene rings is 1. The molecule has 6 heteroatoms. The van der Waals surface area contributed by atoms with Crippen molar-refractivity contribution in [3.63, 3.8) is 0 Å². The van der Waals surface area contributed by atoms with Gasteiger partial charge in [-0.1, -0.05) is 6.07 Å². The van der Waals surface area contributed by atoms with Crippen molar-refractivity contribution in [1.29, 1.82) is 5.26 Å². The minimum atomic E-state index is -4.95. The van der Waals surface area contributed by atoms with E-state index in [1.165, 1.54) is 24.3 Å². The quantitative estimate of drug-likeness (QED) is 0.701. The lowest BCUT2D eigenvalue weighted by molar-refractivity contribution is 0.313. The van der Waals surface area contributed by atoms with E-state index in [2.05, 4.69) is 4.74 Å². The van der Waals surface area contributed by atoms with Gasteiger partial charge in [0.1, 0.15) is 5.75 Å². The Morgan fingerprint density at radius 3 is 2.64 bits per heavy atom. The lowest BCUT2D eigenvalue weighted by Crippen LogP contribution is -2.26. The predicted octanol–water partition coefficient (Wildman–Crippen LogP) is 2.32. The minimum Gasteiger partial charge on any atom is -0.522 e. The molecule has 0 N–H and O–H groups in total. The Kier molecular flexibility index (Phi) is 3.02. The van der Waals surface area contributed by atoms with Crippen LogP contribution in [0.3, 0.4) is 0 Å². The van der Waals surface area contributed by atoms with Crippen molar-refractivity contribution < 1.29 is 17.7 Å². The molecule has 0 atom stereocenters.